The highest BCUT2D eigenvalue weighted by Gasteiger charge is 2.33. The van der Waals surface area contributed by atoms with E-state index < -0.39 is 24.6 Å². The van der Waals surface area contributed by atoms with Gasteiger partial charge in [0.05, 0.1) is 17.8 Å². The summed E-state index contributed by atoms with van der Waals surface area (Å²) in [5, 5.41) is 11.9. The lowest BCUT2D eigenvalue weighted by Gasteiger charge is -2.33. The van der Waals surface area contributed by atoms with Crippen LogP contribution in [0.3, 0.4) is 0 Å². The Labute approximate surface area is 155 Å². The highest BCUT2D eigenvalue weighted by Crippen LogP contribution is 2.33. The first kappa shape index (κ1) is 18.2. The normalized spacial score (nSPS) is 15.3. The number of carbonyl (C=O) groups is 3. The standard InChI is InChI=1S/C19H18N2O6/c1-20-18(24)16-10-21(14-7-2-3-8-15(14)27-16)17(23)11-26-19(25)12-5-4-6-13(22)9-12/h2-9,16,22H,10-11H2,1H3,(H,20,24). The third-order valence-corrected chi connectivity index (χ3v) is 4.02. The zero-order chi connectivity index (χ0) is 19.4. The Morgan fingerprint density at radius 2 is 2.00 bits per heavy atom. The van der Waals surface area contributed by atoms with Crippen molar-refractivity contribution in [3.8, 4) is 11.5 Å². The van der Waals surface area contributed by atoms with Gasteiger partial charge >= 0.3 is 5.97 Å². The minimum Gasteiger partial charge on any atom is -0.508 e. The molecule has 0 aromatic heterocycles. The number of para-hydroxylation sites is 2. The van der Waals surface area contributed by atoms with Crippen LogP contribution in [-0.4, -0.2) is 49.2 Å². The number of benzene rings is 2. The van der Waals surface area contributed by atoms with E-state index in [1.54, 1.807) is 24.3 Å². The second-order valence-corrected chi connectivity index (χ2v) is 5.82. The molecule has 140 valence electrons. The molecule has 0 saturated carbocycles. The van der Waals surface area contributed by atoms with Crippen molar-refractivity contribution in [2.45, 2.75) is 6.10 Å². The van der Waals surface area contributed by atoms with Crippen LogP contribution in [0.2, 0.25) is 0 Å². The van der Waals surface area contributed by atoms with Crippen molar-refractivity contribution < 1.29 is 29.0 Å². The molecule has 1 heterocycles. The zero-order valence-electron chi connectivity index (χ0n) is 14.5. The summed E-state index contributed by atoms with van der Waals surface area (Å²) in [7, 11) is 1.48. The molecule has 2 N–H and O–H groups in total. The van der Waals surface area contributed by atoms with Gasteiger partial charge < -0.3 is 24.8 Å². The second kappa shape index (κ2) is 7.77. The number of nitrogens with zero attached hydrogens (tertiary/aromatic N) is 1. The fourth-order valence-electron chi connectivity index (χ4n) is 2.69. The van der Waals surface area contributed by atoms with E-state index in [4.69, 9.17) is 9.47 Å². The van der Waals surface area contributed by atoms with Crippen LogP contribution in [0.1, 0.15) is 10.4 Å². The van der Waals surface area contributed by atoms with Gasteiger partial charge in [0.15, 0.2) is 12.7 Å². The van der Waals surface area contributed by atoms with Gasteiger partial charge in [-0.25, -0.2) is 4.79 Å². The predicted molar refractivity (Wildman–Crippen MR) is 95.7 cm³/mol. The number of amides is 2. The maximum atomic E-state index is 12.6. The van der Waals surface area contributed by atoms with Crippen molar-refractivity contribution >= 4 is 23.5 Å². The Kier molecular flexibility index (Phi) is 5.25. The maximum absolute atomic E-state index is 12.6. The first-order chi connectivity index (χ1) is 13.0. The van der Waals surface area contributed by atoms with Crippen molar-refractivity contribution in [3.05, 3.63) is 54.1 Å². The monoisotopic (exact) mass is 370 g/mol. The molecule has 1 aliphatic rings. The highest BCUT2D eigenvalue weighted by atomic mass is 16.5. The van der Waals surface area contributed by atoms with Crippen LogP contribution in [0, 0.1) is 0 Å². The number of fused-ring (bicyclic) bond motifs is 1. The molecular formula is C19H18N2O6. The van der Waals surface area contributed by atoms with Crippen molar-refractivity contribution in [1.82, 2.24) is 5.32 Å². The topological polar surface area (TPSA) is 105 Å². The molecule has 2 aromatic carbocycles. The highest BCUT2D eigenvalue weighted by molar-refractivity contribution is 5.99. The number of nitrogens with one attached hydrogen (secondary N) is 1. The molecule has 27 heavy (non-hydrogen) atoms. The zero-order valence-corrected chi connectivity index (χ0v) is 14.5. The van der Waals surface area contributed by atoms with Crippen molar-refractivity contribution in [3.63, 3.8) is 0 Å². The molecule has 2 amide bonds. The Hall–Kier alpha value is -3.55. The lowest BCUT2D eigenvalue weighted by molar-refractivity contribution is -0.128. The lowest BCUT2D eigenvalue weighted by Crippen LogP contribution is -2.51. The van der Waals surface area contributed by atoms with E-state index in [9.17, 15) is 19.5 Å². The van der Waals surface area contributed by atoms with Crippen LogP contribution >= 0.6 is 0 Å². The quantitative estimate of drug-likeness (QED) is 0.781. The number of ether oxygens (including phenoxy) is 2. The lowest BCUT2D eigenvalue weighted by atomic mass is 10.1. The molecule has 2 aromatic rings. The van der Waals surface area contributed by atoms with Crippen LogP contribution in [0.25, 0.3) is 0 Å². The maximum Gasteiger partial charge on any atom is 0.338 e. The van der Waals surface area contributed by atoms with E-state index in [-0.39, 0.29) is 23.8 Å². The molecule has 0 aliphatic carbocycles. The molecule has 8 heteroatoms. The molecule has 1 unspecified atom stereocenters. The van der Waals surface area contributed by atoms with Gasteiger partial charge in [0, 0.05) is 7.05 Å². The second-order valence-electron chi connectivity index (χ2n) is 5.82. The van der Waals surface area contributed by atoms with E-state index in [1.165, 1.54) is 36.2 Å². The minimum atomic E-state index is -0.865. The van der Waals surface area contributed by atoms with Gasteiger partial charge in [-0.05, 0) is 30.3 Å². The molecule has 0 bridgehead atoms. The number of carbonyl (C=O) groups excluding carboxylic acids is 3. The number of hydrogen-bond donors (Lipinski definition) is 2. The third kappa shape index (κ3) is 4.00. The predicted octanol–water partition coefficient (Wildman–Crippen LogP) is 1.09. The first-order valence-electron chi connectivity index (χ1n) is 8.23. The first-order valence-corrected chi connectivity index (χ1v) is 8.23. The van der Waals surface area contributed by atoms with E-state index in [0.29, 0.717) is 11.4 Å². The van der Waals surface area contributed by atoms with Gasteiger partial charge in [0.1, 0.15) is 11.5 Å². The fourth-order valence-corrected chi connectivity index (χ4v) is 2.69. The molecular weight excluding hydrogens is 352 g/mol. The van der Waals surface area contributed by atoms with Gasteiger partial charge in [0.25, 0.3) is 11.8 Å². The van der Waals surface area contributed by atoms with Crippen molar-refractivity contribution in [1.29, 1.82) is 0 Å². The number of phenols is 1. The average molecular weight is 370 g/mol. The van der Waals surface area contributed by atoms with Crippen LogP contribution < -0.4 is 15.0 Å². The summed E-state index contributed by atoms with van der Waals surface area (Å²) in [5.41, 5.74) is 0.629. The molecule has 0 fully saturated rings. The van der Waals surface area contributed by atoms with Gasteiger partial charge in [-0.3, -0.25) is 9.59 Å². The summed E-state index contributed by atoms with van der Waals surface area (Å²) in [5.74, 6) is -1.27. The molecule has 1 atom stereocenters. The minimum absolute atomic E-state index is 0.000798. The smallest absolute Gasteiger partial charge is 0.338 e. The van der Waals surface area contributed by atoms with E-state index in [2.05, 4.69) is 5.32 Å². The fraction of sp³-hybridized carbons (Fsp3) is 0.211. The summed E-state index contributed by atoms with van der Waals surface area (Å²) in [4.78, 5) is 38.0. The van der Waals surface area contributed by atoms with Crippen LogP contribution in [0.5, 0.6) is 11.5 Å². The Balaban J connectivity index is 1.73. The number of esters is 1. The molecule has 0 saturated heterocycles. The average Bonchev–Trinajstić information content (AvgIpc) is 2.70. The molecule has 1 aliphatic heterocycles. The number of aromatic hydroxyl groups is 1. The molecule has 0 spiro atoms. The molecule has 8 nitrogen and oxygen atoms in total. The van der Waals surface area contributed by atoms with Gasteiger partial charge in [-0.2, -0.15) is 0 Å². The summed E-state index contributed by atoms with van der Waals surface area (Å²) in [6, 6.07) is 12.5. The number of rotatable bonds is 4. The number of likely N-dealkylation sites (N-methyl/N-ethyl adjacent to an activating group) is 1. The van der Waals surface area contributed by atoms with Gasteiger partial charge in [0.2, 0.25) is 0 Å². The Morgan fingerprint density at radius 1 is 1.22 bits per heavy atom. The summed E-state index contributed by atoms with van der Waals surface area (Å²) in [6.45, 7) is -0.511. The number of anilines is 1. The summed E-state index contributed by atoms with van der Waals surface area (Å²) < 4.78 is 10.7. The van der Waals surface area contributed by atoms with Crippen molar-refractivity contribution in [2.75, 3.05) is 25.1 Å². The van der Waals surface area contributed by atoms with E-state index >= 15 is 0 Å². The van der Waals surface area contributed by atoms with Crippen LogP contribution in [-0.2, 0) is 14.3 Å². The molecule has 0 radical (unpaired) electrons. The Morgan fingerprint density at radius 3 is 2.74 bits per heavy atom. The third-order valence-electron chi connectivity index (χ3n) is 4.02. The molecule has 3 rings (SSSR count). The van der Waals surface area contributed by atoms with E-state index in [0.717, 1.165) is 0 Å². The number of hydrogen-bond acceptors (Lipinski definition) is 6. The largest absolute Gasteiger partial charge is 0.508 e. The van der Waals surface area contributed by atoms with Gasteiger partial charge in [-0.15, -0.1) is 0 Å². The SMILES string of the molecule is CNC(=O)C1CN(C(=O)COC(=O)c2cccc(O)c2)c2ccccc2O1. The number of phenolic OH excluding ortho intramolecular Hbond substituents is 1. The van der Waals surface area contributed by atoms with Crippen LogP contribution in [0.15, 0.2) is 48.5 Å². The van der Waals surface area contributed by atoms with Gasteiger partial charge in [-0.1, -0.05) is 18.2 Å². The van der Waals surface area contributed by atoms with Crippen molar-refractivity contribution in [2.24, 2.45) is 0 Å². The summed E-state index contributed by atoms with van der Waals surface area (Å²) >= 11 is 0. The van der Waals surface area contributed by atoms with Crippen LogP contribution in [0.4, 0.5) is 5.69 Å². The Bertz CT molecular complexity index is 882. The van der Waals surface area contributed by atoms with E-state index in [1.807, 2.05) is 0 Å². The summed E-state index contributed by atoms with van der Waals surface area (Å²) in [6.07, 6.45) is -0.865.